The van der Waals surface area contributed by atoms with Crippen LogP contribution in [0.25, 0.3) is 22.3 Å². The standard InChI is InChI=1S/C28H26N2O4/c1-16(2)27(32)29-20-14-13-17(3)23(15-20)30-28(33)22-12-8-11-21-24(31)18(4)25(34-26(21)22)19-9-6-5-7-10-19/h5-16H,1-4H3,(H,29,32)(H,30,33). The second-order valence-electron chi connectivity index (χ2n) is 8.56. The molecule has 34 heavy (non-hydrogen) atoms. The number of benzene rings is 3. The van der Waals surface area contributed by atoms with E-state index in [0.717, 1.165) is 11.1 Å². The molecule has 172 valence electrons. The van der Waals surface area contributed by atoms with Crippen LogP contribution in [0, 0.1) is 19.8 Å². The van der Waals surface area contributed by atoms with Crippen molar-refractivity contribution in [2.75, 3.05) is 10.6 Å². The number of amides is 2. The van der Waals surface area contributed by atoms with Gasteiger partial charge in [0, 0.05) is 28.4 Å². The molecular weight excluding hydrogens is 428 g/mol. The van der Waals surface area contributed by atoms with Crippen LogP contribution in [0.4, 0.5) is 11.4 Å². The number of hydrogen-bond acceptors (Lipinski definition) is 4. The van der Waals surface area contributed by atoms with Crippen LogP contribution in [0.2, 0.25) is 0 Å². The minimum atomic E-state index is -0.410. The van der Waals surface area contributed by atoms with Gasteiger partial charge in [0.25, 0.3) is 5.91 Å². The number of fused-ring (bicyclic) bond motifs is 1. The number of aryl methyl sites for hydroxylation is 1. The molecule has 3 aromatic carbocycles. The second-order valence-corrected chi connectivity index (χ2v) is 8.56. The highest BCUT2D eigenvalue weighted by Crippen LogP contribution is 2.28. The summed E-state index contributed by atoms with van der Waals surface area (Å²) in [5, 5.41) is 6.09. The fourth-order valence-corrected chi connectivity index (χ4v) is 3.66. The Labute approximate surface area is 197 Å². The van der Waals surface area contributed by atoms with E-state index in [9.17, 15) is 14.4 Å². The lowest BCUT2D eigenvalue weighted by Crippen LogP contribution is -2.18. The molecular formula is C28H26N2O4. The third-order valence-corrected chi connectivity index (χ3v) is 5.70. The molecule has 1 heterocycles. The van der Waals surface area contributed by atoms with Gasteiger partial charge in [0.1, 0.15) is 5.76 Å². The summed E-state index contributed by atoms with van der Waals surface area (Å²) in [5.74, 6) is -0.249. The van der Waals surface area contributed by atoms with Gasteiger partial charge in [-0.05, 0) is 43.7 Å². The van der Waals surface area contributed by atoms with Crippen LogP contribution < -0.4 is 16.1 Å². The predicted octanol–water partition coefficient (Wildman–Crippen LogP) is 5.92. The van der Waals surface area contributed by atoms with Gasteiger partial charge in [0.15, 0.2) is 11.0 Å². The van der Waals surface area contributed by atoms with E-state index in [1.165, 1.54) is 0 Å². The van der Waals surface area contributed by atoms with Gasteiger partial charge in [-0.1, -0.05) is 56.3 Å². The number of hydrogen-bond donors (Lipinski definition) is 2. The summed E-state index contributed by atoms with van der Waals surface area (Å²) in [4.78, 5) is 38.5. The zero-order valence-corrected chi connectivity index (χ0v) is 19.6. The molecule has 0 aliphatic rings. The van der Waals surface area contributed by atoms with Crippen molar-refractivity contribution in [3.05, 3.63) is 93.6 Å². The molecule has 4 rings (SSSR count). The van der Waals surface area contributed by atoms with Gasteiger partial charge in [0.2, 0.25) is 5.91 Å². The third kappa shape index (κ3) is 4.48. The fraction of sp³-hybridized carbons (Fsp3) is 0.179. The topological polar surface area (TPSA) is 88.4 Å². The smallest absolute Gasteiger partial charge is 0.259 e. The first kappa shape index (κ1) is 23.0. The number of anilines is 2. The molecule has 0 bridgehead atoms. The van der Waals surface area contributed by atoms with Crippen molar-refractivity contribution in [3.63, 3.8) is 0 Å². The SMILES string of the molecule is Cc1ccc(NC(=O)C(C)C)cc1NC(=O)c1cccc2c(=O)c(C)c(-c3ccccc3)oc12. The Kier molecular flexibility index (Phi) is 6.32. The lowest BCUT2D eigenvalue weighted by Gasteiger charge is -2.14. The van der Waals surface area contributed by atoms with Crippen molar-refractivity contribution in [1.29, 1.82) is 0 Å². The number of carbonyl (C=O) groups excluding carboxylic acids is 2. The van der Waals surface area contributed by atoms with Crippen molar-refractivity contribution in [2.24, 2.45) is 5.92 Å². The van der Waals surface area contributed by atoms with E-state index in [1.54, 1.807) is 37.3 Å². The molecule has 0 unspecified atom stereocenters. The predicted molar refractivity (Wildman–Crippen MR) is 135 cm³/mol. The lowest BCUT2D eigenvalue weighted by atomic mass is 10.0. The zero-order valence-electron chi connectivity index (χ0n) is 19.6. The normalized spacial score (nSPS) is 11.0. The van der Waals surface area contributed by atoms with E-state index in [2.05, 4.69) is 10.6 Å². The van der Waals surface area contributed by atoms with Gasteiger partial charge in [-0.25, -0.2) is 0 Å². The summed E-state index contributed by atoms with van der Waals surface area (Å²) in [6, 6.07) is 19.6. The molecule has 0 aliphatic heterocycles. The highest BCUT2D eigenvalue weighted by molar-refractivity contribution is 6.12. The molecule has 2 amide bonds. The Morgan fingerprint density at radius 3 is 2.32 bits per heavy atom. The summed E-state index contributed by atoms with van der Waals surface area (Å²) in [6.45, 7) is 7.21. The molecule has 0 fully saturated rings. The van der Waals surface area contributed by atoms with Gasteiger partial charge >= 0.3 is 0 Å². The molecule has 1 aromatic heterocycles. The van der Waals surface area contributed by atoms with Crippen molar-refractivity contribution in [2.45, 2.75) is 27.7 Å². The molecule has 6 nitrogen and oxygen atoms in total. The Morgan fingerprint density at radius 2 is 1.62 bits per heavy atom. The molecule has 0 saturated heterocycles. The molecule has 4 aromatic rings. The Balaban J connectivity index is 1.75. The molecule has 2 N–H and O–H groups in total. The summed E-state index contributed by atoms with van der Waals surface area (Å²) in [7, 11) is 0. The van der Waals surface area contributed by atoms with E-state index in [-0.39, 0.29) is 28.4 Å². The summed E-state index contributed by atoms with van der Waals surface area (Å²) >= 11 is 0. The van der Waals surface area contributed by atoms with Crippen molar-refractivity contribution >= 4 is 34.2 Å². The number of nitrogens with one attached hydrogen (secondary N) is 2. The average molecular weight is 455 g/mol. The van der Waals surface area contributed by atoms with Gasteiger partial charge in [-0.15, -0.1) is 0 Å². The van der Waals surface area contributed by atoms with Gasteiger partial charge in [0.05, 0.1) is 10.9 Å². The fourth-order valence-electron chi connectivity index (χ4n) is 3.66. The van der Waals surface area contributed by atoms with E-state index in [1.807, 2.05) is 57.2 Å². The van der Waals surface area contributed by atoms with E-state index < -0.39 is 5.91 Å². The summed E-state index contributed by atoms with van der Waals surface area (Å²) in [5.41, 5.74) is 3.54. The van der Waals surface area contributed by atoms with Crippen LogP contribution in [0.1, 0.15) is 35.3 Å². The third-order valence-electron chi connectivity index (χ3n) is 5.70. The molecule has 6 heteroatoms. The molecule has 0 saturated carbocycles. The number of carbonyl (C=O) groups is 2. The van der Waals surface area contributed by atoms with Crippen molar-refractivity contribution in [3.8, 4) is 11.3 Å². The van der Waals surface area contributed by atoms with Crippen LogP contribution in [-0.4, -0.2) is 11.8 Å². The van der Waals surface area contributed by atoms with Gasteiger partial charge in [-0.2, -0.15) is 0 Å². The van der Waals surface area contributed by atoms with Crippen LogP contribution in [0.15, 0.2) is 75.9 Å². The largest absolute Gasteiger partial charge is 0.455 e. The number of para-hydroxylation sites is 1. The quantitative estimate of drug-likeness (QED) is 0.392. The monoisotopic (exact) mass is 454 g/mol. The first-order chi connectivity index (χ1) is 16.3. The van der Waals surface area contributed by atoms with Gasteiger partial charge < -0.3 is 15.1 Å². The second kappa shape index (κ2) is 9.35. The summed E-state index contributed by atoms with van der Waals surface area (Å²) in [6.07, 6.45) is 0. The molecule has 0 aliphatic carbocycles. The minimum Gasteiger partial charge on any atom is -0.455 e. The van der Waals surface area contributed by atoms with Crippen molar-refractivity contribution < 1.29 is 14.0 Å². The zero-order chi connectivity index (χ0) is 24.4. The molecule has 0 atom stereocenters. The Bertz CT molecular complexity index is 1450. The maximum absolute atomic E-state index is 13.3. The van der Waals surface area contributed by atoms with E-state index >= 15 is 0 Å². The number of rotatable bonds is 5. The first-order valence-electron chi connectivity index (χ1n) is 11.1. The van der Waals surface area contributed by atoms with E-state index in [0.29, 0.717) is 28.1 Å². The van der Waals surface area contributed by atoms with Crippen LogP contribution in [0.3, 0.4) is 0 Å². The highest BCUT2D eigenvalue weighted by Gasteiger charge is 2.19. The Morgan fingerprint density at radius 1 is 0.882 bits per heavy atom. The first-order valence-corrected chi connectivity index (χ1v) is 11.1. The van der Waals surface area contributed by atoms with Gasteiger partial charge in [-0.3, -0.25) is 14.4 Å². The van der Waals surface area contributed by atoms with E-state index in [4.69, 9.17) is 4.42 Å². The van der Waals surface area contributed by atoms with Crippen LogP contribution >= 0.6 is 0 Å². The molecule has 0 spiro atoms. The molecule has 0 radical (unpaired) electrons. The minimum absolute atomic E-state index is 0.110. The van der Waals surface area contributed by atoms with Crippen LogP contribution in [-0.2, 0) is 4.79 Å². The average Bonchev–Trinajstić information content (AvgIpc) is 2.83. The van der Waals surface area contributed by atoms with Crippen molar-refractivity contribution in [1.82, 2.24) is 0 Å². The van der Waals surface area contributed by atoms with Crippen LogP contribution in [0.5, 0.6) is 0 Å². The summed E-state index contributed by atoms with van der Waals surface area (Å²) < 4.78 is 6.16. The maximum Gasteiger partial charge on any atom is 0.259 e. The lowest BCUT2D eigenvalue weighted by molar-refractivity contribution is -0.118. The highest BCUT2D eigenvalue weighted by atomic mass is 16.3. The Hall–Kier alpha value is -4.19. The maximum atomic E-state index is 13.3.